The van der Waals surface area contributed by atoms with Gasteiger partial charge in [0, 0.05) is 24.9 Å². The molecule has 1 heterocycles. The molecule has 24 heavy (non-hydrogen) atoms. The summed E-state index contributed by atoms with van der Waals surface area (Å²) < 4.78 is 23.3. The molecule has 0 radical (unpaired) electrons. The van der Waals surface area contributed by atoms with Crippen LogP contribution in [0.15, 0.2) is 48.5 Å². The highest BCUT2D eigenvalue weighted by Gasteiger charge is 2.32. The number of hydrogen-bond donors (Lipinski definition) is 0. The summed E-state index contributed by atoms with van der Waals surface area (Å²) in [5.74, 6) is -0.100. The molecule has 0 aliphatic carbocycles. The third kappa shape index (κ3) is 3.51. The van der Waals surface area contributed by atoms with Gasteiger partial charge < -0.3 is 4.90 Å². The minimum atomic E-state index is -3.09. The molecule has 3 rings (SSSR count). The molecule has 1 aliphatic rings. The minimum absolute atomic E-state index is 0.100. The first-order valence-electron chi connectivity index (χ1n) is 8.00. The Bertz CT molecular complexity index is 839. The Labute approximate surface area is 143 Å². The molecule has 0 aromatic heterocycles. The van der Waals surface area contributed by atoms with Crippen molar-refractivity contribution in [3.8, 4) is 11.1 Å². The summed E-state index contributed by atoms with van der Waals surface area (Å²) in [6, 6.07) is 15.7. The smallest absolute Gasteiger partial charge is 0.253 e. The van der Waals surface area contributed by atoms with E-state index in [0.717, 1.165) is 11.1 Å². The number of aryl methyl sites for hydroxylation is 1. The van der Waals surface area contributed by atoms with Crippen molar-refractivity contribution < 1.29 is 13.2 Å². The van der Waals surface area contributed by atoms with Crippen LogP contribution in [0.2, 0.25) is 0 Å². The van der Waals surface area contributed by atoms with Crippen LogP contribution in [-0.2, 0) is 9.84 Å². The molecule has 5 heteroatoms. The second kappa shape index (κ2) is 6.40. The van der Waals surface area contributed by atoms with Gasteiger partial charge in [0.05, 0.1) is 5.25 Å². The van der Waals surface area contributed by atoms with Crippen LogP contribution in [0.1, 0.15) is 22.3 Å². The predicted octanol–water partition coefficient (Wildman–Crippen LogP) is 2.92. The lowest BCUT2D eigenvalue weighted by Crippen LogP contribution is -2.31. The summed E-state index contributed by atoms with van der Waals surface area (Å²) in [4.78, 5) is 14.2. The van der Waals surface area contributed by atoms with Gasteiger partial charge in [-0.1, -0.05) is 42.0 Å². The Hall–Kier alpha value is -2.14. The van der Waals surface area contributed by atoms with Crippen LogP contribution >= 0.6 is 0 Å². The Morgan fingerprint density at radius 2 is 1.54 bits per heavy atom. The Balaban J connectivity index is 1.74. The summed E-state index contributed by atoms with van der Waals surface area (Å²) in [7, 11) is -3.09. The third-order valence-corrected chi connectivity index (χ3v) is 6.15. The van der Waals surface area contributed by atoms with Crippen LogP contribution < -0.4 is 0 Å². The second-order valence-electron chi connectivity index (χ2n) is 6.43. The molecule has 1 amide bonds. The van der Waals surface area contributed by atoms with Gasteiger partial charge in [-0.15, -0.1) is 0 Å². The minimum Gasteiger partial charge on any atom is -0.337 e. The normalized spacial score (nSPS) is 17.9. The lowest BCUT2D eigenvalue weighted by Gasteiger charge is -2.16. The third-order valence-electron chi connectivity index (χ3n) is 4.55. The molecule has 126 valence electrons. The maximum atomic E-state index is 12.5. The molecule has 1 saturated heterocycles. The monoisotopic (exact) mass is 343 g/mol. The average molecular weight is 343 g/mol. The van der Waals surface area contributed by atoms with E-state index in [9.17, 15) is 13.2 Å². The van der Waals surface area contributed by atoms with Crippen LogP contribution in [0, 0.1) is 6.92 Å². The second-order valence-corrected chi connectivity index (χ2v) is 8.76. The summed E-state index contributed by atoms with van der Waals surface area (Å²) in [5, 5.41) is -0.437. The van der Waals surface area contributed by atoms with E-state index in [2.05, 4.69) is 24.3 Å². The average Bonchev–Trinajstić information content (AvgIpc) is 3.05. The fourth-order valence-corrected chi connectivity index (χ4v) is 3.98. The molecule has 0 saturated carbocycles. The lowest BCUT2D eigenvalue weighted by molar-refractivity contribution is 0.0793. The SMILES string of the molecule is Cc1ccc(-c2ccc(C(=O)N3CCC(S(C)(=O)=O)C3)cc2)cc1. The summed E-state index contributed by atoms with van der Waals surface area (Å²) in [5.41, 5.74) is 3.97. The molecule has 2 aromatic rings. The number of benzene rings is 2. The highest BCUT2D eigenvalue weighted by atomic mass is 32.2. The highest BCUT2D eigenvalue weighted by molar-refractivity contribution is 7.91. The fraction of sp³-hybridized carbons (Fsp3) is 0.316. The zero-order valence-corrected chi connectivity index (χ0v) is 14.7. The number of carbonyl (C=O) groups is 1. The van der Waals surface area contributed by atoms with Gasteiger partial charge >= 0.3 is 0 Å². The molecular formula is C19H21NO3S. The number of likely N-dealkylation sites (tertiary alicyclic amines) is 1. The number of carbonyl (C=O) groups excluding carboxylic acids is 1. The maximum absolute atomic E-state index is 12.5. The van der Waals surface area contributed by atoms with Crippen molar-refractivity contribution in [2.45, 2.75) is 18.6 Å². The Morgan fingerprint density at radius 1 is 1.00 bits per heavy atom. The standard InChI is InChI=1S/C19H21NO3S/c1-14-3-5-15(6-4-14)16-7-9-17(10-8-16)19(21)20-12-11-18(13-20)24(2,22)23/h3-10,18H,11-13H2,1-2H3. The van der Waals surface area contributed by atoms with E-state index in [1.807, 2.05) is 31.2 Å². The number of rotatable bonds is 3. The van der Waals surface area contributed by atoms with Crippen LogP contribution in [0.25, 0.3) is 11.1 Å². The van der Waals surface area contributed by atoms with Crippen molar-refractivity contribution in [2.75, 3.05) is 19.3 Å². The van der Waals surface area contributed by atoms with Gasteiger partial charge in [-0.25, -0.2) is 8.42 Å². The van der Waals surface area contributed by atoms with Gasteiger partial charge in [0.1, 0.15) is 0 Å². The molecule has 4 nitrogen and oxygen atoms in total. The number of amides is 1. The van der Waals surface area contributed by atoms with Crippen molar-refractivity contribution >= 4 is 15.7 Å². The molecule has 0 N–H and O–H groups in total. The first-order valence-corrected chi connectivity index (χ1v) is 9.95. The predicted molar refractivity (Wildman–Crippen MR) is 95.8 cm³/mol. The van der Waals surface area contributed by atoms with Gasteiger partial charge in [0.25, 0.3) is 5.91 Å². The fourth-order valence-electron chi connectivity index (χ4n) is 3.00. The van der Waals surface area contributed by atoms with E-state index >= 15 is 0 Å². The van der Waals surface area contributed by atoms with Crippen LogP contribution in [0.3, 0.4) is 0 Å². The summed E-state index contributed by atoms with van der Waals surface area (Å²) in [6.07, 6.45) is 1.76. The maximum Gasteiger partial charge on any atom is 0.253 e. The van der Waals surface area contributed by atoms with Gasteiger partial charge in [0.15, 0.2) is 9.84 Å². The molecule has 0 spiro atoms. The van der Waals surface area contributed by atoms with Crippen LogP contribution in [0.5, 0.6) is 0 Å². The Morgan fingerprint density at radius 3 is 2.04 bits per heavy atom. The number of nitrogens with zero attached hydrogens (tertiary/aromatic N) is 1. The van der Waals surface area contributed by atoms with Gasteiger partial charge in [-0.3, -0.25) is 4.79 Å². The van der Waals surface area contributed by atoms with Gasteiger partial charge in [-0.05, 0) is 36.6 Å². The molecule has 0 bridgehead atoms. The Kier molecular flexibility index (Phi) is 4.45. The quantitative estimate of drug-likeness (QED) is 0.861. The highest BCUT2D eigenvalue weighted by Crippen LogP contribution is 2.22. The zero-order valence-electron chi connectivity index (χ0n) is 13.9. The number of hydrogen-bond acceptors (Lipinski definition) is 3. The van der Waals surface area contributed by atoms with Crippen LogP contribution in [0.4, 0.5) is 0 Å². The molecule has 2 aromatic carbocycles. The van der Waals surface area contributed by atoms with E-state index < -0.39 is 15.1 Å². The van der Waals surface area contributed by atoms with Crippen LogP contribution in [-0.4, -0.2) is 43.8 Å². The summed E-state index contributed by atoms with van der Waals surface area (Å²) in [6.45, 7) is 2.83. The van der Waals surface area contributed by atoms with Gasteiger partial charge in [0.2, 0.25) is 0 Å². The van der Waals surface area contributed by atoms with E-state index in [-0.39, 0.29) is 12.5 Å². The first-order chi connectivity index (χ1) is 11.3. The largest absolute Gasteiger partial charge is 0.337 e. The van der Waals surface area contributed by atoms with Crippen molar-refractivity contribution in [3.63, 3.8) is 0 Å². The van der Waals surface area contributed by atoms with E-state index in [1.165, 1.54) is 11.8 Å². The van der Waals surface area contributed by atoms with Crippen molar-refractivity contribution in [2.24, 2.45) is 0 Å². The first kappa shape index (κ1) is 16.7. The van der Waals surface area contributed by atoms with E-state index in [0.29, 0.717) is 18.5 Å². The van der Waals surface area contributed by atoms with Crippen molar-refractivity contribution in [1.82, 2.24) is 4.90 Å². The van der Waals surface area contributed by atoms with E-state index in [4.69, 9.17) is 0 Å². The molecule has 1 fully saturated rings. The molecule has 1 unspecified atom stereocenters. The molecule has 1 atom stereocenters. The van der Waals surface area contributed by atoms with E-state index in [1.54, 1.807) is 4.90 Å². The lowest BCUT2D eigenvalue weighted by atomic mass is 10.0. The van der Waals surface area contributed by atoms with Crippen molar-refractivity contribution in [3.05, 3.63) is 59.7 Å². The zero-order chi connectivity index (χ0) is 17.3. The summed E-state index contributed by atoms with van der Waals surface area (Å²) >= 11 is 0. The number of sulfone groups is 1. The molecular weight excluding hydrogens is 322 g/mol. The molecule has 1 aliphatic heterocycles. The van der Waals surface area contributed by atoms with Gasteiger partial charge in [-0.2, -0.15) is 0 Å². The van der Waals surface area contributed by atoms with Crippen molar-refractivity contribution in [1.29, 1.82) is 0 Å². The topological polar surface area (TPSA) is 54.5 Å².